The molecule has 0 bridgehead atoms. The van der Waals surface area contributed by atoms with Gasteiger partial charge in [0.05, 0.1) is 13.7 Å². The minimum absolute atomic E-state index is 0.279. The summed E-state index contributed by atoms with van der Waals surface area (Å²) in [7, 11) is 1.68. The van der Waals surface area contributed by atoms with Crippen molar-refractivity contribution in [2.24, 2.45) is 0 Å². The van der Waals surface area contributed by atoms with Crippen LogP contribution in [0.2, 0.25) is 0 Å². The number of benzene rings is 1. The number of hydrogen-bond acceptors (Lipinski definition) is 3. The lowest BCUT2D eigenvalue weighted by molar-refractivity contribution is 0.414. The molecule has 2 aromatic rings. The van der Waals surface area contributed by atoms with Crippen molar-refractivity contribution in [1.82, 2.24) is 5.32 Å². The van der Waals surface area contributed by atoms with E-state index in [1.807, 2.05) is 24.3 Å². The van der Waals surface area contributed by atoms with Crippen molar-refractivity contribution in [3.8, 4) is 5.75 Å². The van der Waals surface area contributed by atoms with Gasteiger partial charge in [-0.15, -0.1) is 0 Å². The van der Waals surface area contributed by atoms with E-state index >= 15 is 0 Å². The molecule has 0 spiro atoms. The van der Waals surface area contributed by atoms with Crippen LogP contribution < -0.4 is 10.1 Å². The van der Waals surface area contributed by atoms with Gasteiger partial charge >= 0.3 is 0 Å². The molecule has 102 valence electrons. The Labute approximate surface area is 114 Å². The van der Waals surface area contributed by atoms with Gasteiger partial charge in [-0.3, -0.25) is 0 Å². The zero-order valence-corrected chi connectivity index (χ0v) is 11.8. The van der Waals surface area contributed by atoms with E-state index < -0.39 is 0 Å². The molecule has 1 heterocycles. The molecule has 2 rings (SSSR count). The van der Waals surface area contributed by atoms with Crippen LogP contribution in [0.3, 0.4) is 0 Å². The molecule has 0 fully saturated rings. The molecule has 1 aromatic heterocycles. The molecule has 0 saturated heterocycles. The number of methoxy groups -OCH3 is 1. The molecule has 1 atom stereocenters. The maximum atomic E-state index is 5.67. The predicted octanol–water partition coefficient (Wildman–Crippen LogP) is 3.70. The van der Waals surface area contributed by atoms with Gasteiger partial charge in [-0.2, -0.15) is 0 Å². The number of rotatable bonds is 6. The highest BCUT2D eigenvalue weighted by Crippen LogP contribution is 2.18. The molecule has 1 unspecified atom stereocenters. The van der Waals surface area contributed by atoms with Gasteiger partial charge in [-0.1, -0.05) is 19.1 Å². The quantitative estimate of drug-likeness (QED) is 0.859. The highest BCUT2D eigenvalue weighted by molar-refractivity contribution is 5.28. The Morgan fingerprint density at radius 2 is 1.79 bits per heavy atom. The second kappa shape index (κ2) is 6.43. The first-order valence-corrected chi connectivity index (χ1v) is 6.68. The number of nitrogens with one attached hydrogen (secondary N) is 1. The highest BCUT2D eigenvalue weighted by Gasteiger charge is 2.06. The van der Waals surface area contributed by atoms with Crippen LogP contribution in [0, 0.1) is 0 Å². The molecule has 0 saturated carbocycles. The largest absolute Gasteiger partial charge is 0.497 e. The molecule has 0 aliphatic rings. The zero-order chi connectivity index (χ0) is 13.7. The molecule has 19 heavy (non-hydrogen) atoms. The lowest BCUT2D eigenvalue weighted by Crippen LogP contribution is -2.17. The molecular weight excluding hydrogens is 238 g/mol. The molecule has 1 N–H and O–H groups in total. The van der Waals surface area contributed by atoms with Crippen molar-refractivity contribution < 1.29 is 9.15 Å². The van der Waals surface area contributed by atoms with E-state index in [0.717, 1.165) is 30.2 Å². The van der Waals surface area contributed by atoms with Gasteiger partial charge in [0.1, 0.15) is 17.3 Å². The lowest BCUT2D eigenvalue weighted by Gasteiger charge is -2.13. The molecule has 1 aromatic carbocycles. The summed E-state index contributed by atoms with van der Waals surface area (Å²) >= 11 is 0. The molecule has 3 nitrogen and oxygen atoms in total. The summed E-state index contributed by atoms with van der Waals surface area (Å²) in [6, 6.07) is 12.5. The fraction of sp³-hybridized carbons (Fsp3) is 0.375. The minimum atomic E-state index is 0.279. The van der Waals surface area contributed by atoms with Gasteiger partial charge in [-0.25, -0.2) is 0 Å². The summed E-state index contributed by atoms with van der Waals surface area (Å²) in [6.45, 7) is 4.98. The summed E-state index contributed by atoms with van der Waals surface area (Å²) in [5, 5.41) is 3.46. The van der Waals surface area contributed by atoms with Gasteiger partial charge < -0.3 is 14.5 Å². The molecule has 0 aliphatic heterocycles. The first-order valence-electron chi connectivity index (χ1n) is 6.68. The second-order valence-corrected chi connectivity index (χ2v) is 4.60. The predicted molar refractivity (Wildman–Crippen MR) is 76.3 cm³/mol. The average molecular weight is 259 g/mol. The average Bonchev–Trinajstić information content (AvgIpc) is 2.93. The normalized spacial score (nSPS) is 12.4. The first kappa shape index (κ1) is 13.7. The lowest BCUT2D eigenvalue weighted by atomic mass is 10.1. The zero-order valence-electron chi connectivity index (χ0n) is 11.8. The third-order valence-corrected chi connectivity index (χ3v) is 3.26. The SMILES string of the molecule is CCc1ccc(CNC(C)c2ccc(OC)cc2)o1. The van der Waals surface area contributed by atoms with Gasteiger partial charge in [0.2, 0.25) is 0 Å². The number of ether oxygens (including phenoxy) is 1. The van der Waals surface area contributed by atoms with Crippen molar-refractivity contribution in [2.75, 3.05) is 7.11 Å². The van der Waals surface area contributed by atoms with Crippen LogP contribution in [-0.4, -0.2) is 7.11 Å². The van der Waals surface area contributed by atoms with Crippen LogP contribution in [0.4, 0.5) is 0 Å². The topological polar surface area (TPSA) is 34.4 Å². The molecule has 0 aliphatic carbocycles. The minimum Gasteiger partial charge on any atom is -0.497 e. The number of aryl methyl sites for hydroxylation is 1. The summed E-state index contributed by atoms with van der Waals surface area (Å²) in [5.41, 5.74) is 1.24. The van der Waals surface area contributed by atoms with Crippen LogP contribution in [-0.2, 0) is 13.0 Å². The fourth-order valence-corrected chi connectivity index (χ4v) is 1.97. The van der Waals surface area contributed by atoms with Crippen molar-refractivity contribution in [2.45, 2.75) is 32.9 Å². The summed E-state index contributed by atoms with van der Waals surface area (Å²) in [4.78, 5) is 0. The Morgan fingerprint density at radius 3 is 2.37 bits per heavy atom. The molecule has 0 radical (unpaired) electrons. The van der Waals surface area contributed by atoms with E-state index in [1.54, 1.807) is 7.11 Å². The molecule has 0 amide bonds. The standard InChI is InChI=1S/C16H21NO2/c1-4-14-9-10-16(19-14)11-17-12(2)13-5-7-15(18-3)8-6-13/h5-10,12,17H,4,11H2,1-3H3. The van der Waals surface area contributed by atoms with E-state index in [4.69, 9.17) is 9.15 Å². The van der Waals surface area contributed by atoms with E-state index in [2.05, 4.69) is 31.3 Å². The van der Waals surface area contributed by atoms with Crippen LogP contribution in [0.15, 0.2) is 40.8 Å². The fourth-order valence-electron chi connectivity index (χ4n) is 1.97. The summed E-state index contributed by atoms with van der Waals surface area (Å²) in [6.07, 6.45) is 0.939. The Bertz CT molecular complexity index is 502. The maximum Gasteiger partial charge on any atom is 0.118 e. The number of hydrogen-bond donors (Lipinski definition) is 1. The third kappa shape index (κ3) is 3.61. The molecule has 3 heteroatoms. The third-order valence-electron chi connectivity index (χ3n) is 3.26. The van der Waals surface area contributed by atoms with Gasteiger partial charge in [0, 0.05) is 12.5 Å². The van der Waals surface area contributed by atoms with E-state index in [1.165, 1.54) is 5.56 Å². The Balaban J connectivity index is 1.90. The van der Waals surface area contributed by atoms with Crippen LogP contribution >= 0.6 is 0 Å². The Kier molecular flexibility index (Phi) is 4.63. The van der Waals surface area contributed by atoms with Crippen molar-refractivity contribution in [1.29, 1.82) is 0 Å². The van der Waals surface area contributed by atoms with Crippen LogP contribution in [0.1, 0.15) is 37.0 Å². The maximum absolute atomic E-state index is 5.67. The summed E-state index contributed by atoms with van der Waals surface area (Å²) in [5.74, 6) is 2.90. The second-order valence-electron chi connectivity index (χ2n) is 4.60. The highest BCUT2D eigenvalue weighted by atomic mass is 16.5. The van der Waals surface area contributed by atoms with Crippen molar-refractivity contribution in [3.05, 3.63) is 53.5 Å². The smallest absolute Gasteiger partial charge is 0.118 e. The van der Waals surface area contributed by atoms with Crippen LogP contribution in [0.25, 0.3) is 0 Å². The van der Waals surface area contributed by atoms with Crippen molar-refractivity contribution in [3.63, 3.8) is 0 Å². The van der Waals surface area contributed by atoms with Crippen molar-refractivity contribution >= 4 is 0 Å². The van der Waals surface area contributed by atoms with Gasteiger partial charge in [0.15, 0.2) is 0 Å². The monoisotopic (exact) mass is 259 g/mol. The summed E-state index contributed by atoms with van der Waals surface area (Å²) < 4.78 is 10.8. The van der Waals surface area contributed by atoms with E-state index in [0.29, 0.717) is 0 Å². The first-order chi connectivity index (χ1) is 9.22. The van der Waals surface area contributed by atoms with Gasteiger partial charge in [0.25, 0.3) is 0 Å². The Morgan fingerprint density at radius 1 is 1.11 bits per heavy atom. The number of furan rings is 1. The van der Waals surface area contributed by atoms with E-state index in [-0.39, 0.29) is 6.04 Å². The van der Waals surface area contributed by atoms with Gasteiger partial charge in [-0.05, 0) is 36.8 Å². The Hall–Kier alpha value is -1.74. The van der Waals surface area contributed by atoms with Crippen LogP contribution in [0.5, 0.6) is 5.75 Å². The van der Waals surface area contributed by atoms with E-state index in [9.17, 15) is 0 Å². The molecular formula is C16H21NO2.